The first-order valence-corrected chi connectivity index (χ1v) is 9.72. The maximum absolute atomic E-state index is 12.5. The van der Waals surface area contributed by atoms with Gasteiger partial charge in [-0.3, -0.25) is 4.79 Å². The molecule has 1 fully saturated rings. The summed E-state index contributed by atoms with van der Waals surface area (Å²) in [6, 6.07) is 19.7. The fourth-order valence-electron chi connectivity index (χ4n) is 3.55. The highest BCUT2D eigenvalue weighted by Crippen LogP contribution is 2.27. The number of hydrogen-bond donors (Lipinski definition) is 3. The molecule has 0 saturated carbocycles. The number of hydrazine groups is 1. The monoisotopic (exact) mass is 404 g/mol. The zero-order valence-electron chi connectivity index (χ0n) is 16.9. The van der Waals surface area contributed by atoms with Gasteiger partial charge in [-0.05, 0) is 52.6 Å². The number of benzene rings is 3. The molecule has 0 bridgehead atoms. The van der Waals surface area contributed by atoms with E-state index in [9.17, 15) is 4.79 Å². The molecule has 1 aliphatic heterocycles. The van der Waals surface area contributed by atoms with Crippen LogP contribution in [-0.4, -0.2) is 32.4 Å². The molecule has 7 nitrogen and oxygen atoms in total. The van der Waals surface area contributed by atoms with Crippen LogP contribution in [0.15, 0.2) is 65.8 Å². The largest absolute Gasteiger partial charge is 0.493 e. The molecule has 4 rings (SSSR count). The SMILES string of the molecule is COc1ccc(/C=N/NC(=O)C2CC(c3ccc4ccccc4c3)NN2)cc1OC. The van der Waals surface area contributed by atoms with Crippen LogP contribution in [-0.2, 0) is 4.79 Å². The van der Waals surface area contributed by atoms with Crippen molar-refractivity contribution in [1.82, 2.24) is 16.3 Å². The zero-order chi connectivity index (χ0) is 20.9. The summed E-state index contributed by atoms with van der Waals surface area (Å²) in [7, 11) is 3.16. The summed E-state index contributed by atoms with van der Waals surface area (Å²) in [4.78, 5) is 12.5. The molecule has 30 heavy (non-hydrogen) atoms. The zero-order valence-corrected chi connectivity index (χ0v) is 16.9. The Hall–Kier alpha value is -3.42. The van der Waals surface area contributed by atoms with Crippen LogP contribution in [0.25, 0.3) is 10.8 Å². The van der Waals surface area contributed by atoms with E-state index in [1.54, 1.807) is 32.6 Å². The van der Waals surface area contributed by atoms with Crippen molar-refractivity contribution in [2.45, 2.75) is 18.5 Å². The third kappa shape index (κ3) is 4.27. The van der Waals surface area contributed by atoms with Gasteiger partial charge in [0.05, 0.1) is 20.4 Å². The molecule has 1 amide bonds. The Labute approximate surface area is 175 Å². The standard InChI is InChI=1S/C23H24N4O3/c1-29-21-10-7-15(11-22(21)30-2)14-24-27-23(28)20-13-19(25-26-20)18-9-8-16-5-3-4-6-17(16)12-18/h3-12,14,19-20,25-26H,13H2,1-2H3,(H,27,28)/b24-14+. The summed E-state index contributed by atoms with van der Waals surface area (Å²) >= 11 is 0. The third-order valence-corrected chi connectivity index (χ3v) is 5.19. The summed E-state index contributed by atoms with van der Waals surface area (Å²) in [6.45, 7) is 0. The minimum absolute atomic E-state index is 0.0557. The molecular formula is C23H24N4O3. The van der Waals surface area contributed by atoms with Crippen LogP contribution >= 0.6 is 0 Å². The van der Waals surface area contributed by atoms with Crippen LogP contribution in [0.5, 0.6) is 11.5 Å². The predicted octanol–water partition coefficient (Wildman–Crippen LogP) is 2.91. The van der Waals surface area contributed by atoms with Gasteiger partial charge in [0.25, 0.3) is 5.91 Å². The first-order valence-electron chi connectivity index (χ1n) is 9.72. The lowest BCUT2D eigenvalue weighted by molar-refractivity contribution is -0.122. The molecule has 2 atom stereocenters. The Bertz CT molecular complexity index is 1080. The number of hydrogen-bond acceptors (Lipinski definition) is 6. The Morgan fingerprint density at radius 2 is 1.80 bits per heavy atom. The summed E-state index contributed by atoms with van der Waals surface area (Å²) in [5.41, 5.74) is 10.8. The van der Waals surface area contributed by atoms with Crippen molar-refractivity contribution in [3.63, 3.8) is 0 Å². The molecule has 1 heterocycles. The summed E-state index contributed by atoms with van der Waals surface area (Å²) in [5, 5.41) is 6.45. The Morgan fingerprint density at radius 1 is 1.00 bits per heavy atom. The lowest BCUT2D eigenvalue weighted by Gasteiger charge is -2.10. The number of nitrogens with one attached hydrogen (secondary N) is 3. The van der Waals surface area contributed by atoms with Crippen LogP contribution in [0.2, 0.25) is 0 Å². The smallest absolute Gasteiger partial charge is 0.258 e. The van der Waals surface area contributed by atoms with E-state index in [0.717, 1.165) is 11.1 Å². The van der Waals surface area contributed by atoms with Crippen LogP contribution in [0.1, 0.15) is 23.6 Å². The molecule has 3 aromatic carbocycles. The van der Waals surface area contributed by atoms with Crippen molar-refractivity contribution in [3.8, 4) is 11.5 Å². The second kappa shape index (κ2) is 8.94. The lowest BCUT2D eigenvalue weighted by Crippen LogP contribution is -2.41. The molecule has 3 aromatic rings. The maximum atomic E-state index is 12.5. The van der Waals surface area contributed by atoms with Crippen molar-refractivity contribution in [1.29, 1.82) is 0 Å². The Kier molecular flexibility index (Phi) is 5.92. The van der Waals surface area contributed by atoms with Gasteiger partial charge >= 0.3 is 0 Å². The second-order valence-corrected chi connectivity index (χ2v) is 7.08. The molecule has 2 unspecified atom stereocenters. The van der Waals surface area contributed by atoms with E-state index in [2.05, 4.69) is 51.7 Å². The molecule has 1 aliphatic rings. The van der Waals surface area contributed by atoms with E-state index in [-0.39, 0.29) is 18.0 Å². The number of methoxy groups -OCH3 is 2. The second-order valence-electron chi connectivity index (χ2n) is 7.08. The lowest BCUT2D eigenvalue weighted by atomic mass is 9.99. The first-order chi connectivity index (χ1) is 14.7. The minimum atomic E-state index is -0.371. The minimum Gasteiger partial charge on any atom is -0.493 e. The number of carbonyl (C=O) groups is 1. The molecule has 0 radical (unpaired) electrons. The van der Waals surface area contributed by atoms with Crippen LogP contribution < -0.4 is 25.8 Å². The van der Waals surface area contributed by atoms with Gasteiger partial charge in [0.1, 0.15) is 6.04 Å². The molecule has 154 valence electrons. The normalized spacial score (nSPS) is 18.6. The molecule has 1 saturated heterocycles. The topological polar surface area (TPSA) is 84.0 Å². The number of ether oxygens (including phenoxy) is 2. The van der Waals surface area contributed by atoms with Gasteiger partial charge in [0.2, 0.25) is 0 Å². The number of fused-ring (bicyclic) bond motifs is 1. The van der Waals surface area contributed by atoms with Crippen molar-refractivity contribution in [2.75, 3.05) is 14.2 Å². The Morgan fingerprint density at radius 3 is 2.60 bits per heavy atom. The molecule has 3 N–H and O–H groups in total. The van der Waals surface area contributed by atoms with Gasteiger partial charge in [-0.2, -0.15) is 5.10 Å². The third-order valence-electron chi connectivity index (χ3n) is 5.19. The molecule has 0 aromatic heterocycles. The predicted molar refractivity (Wildman–Crippen MR) is 117 cm³/mol. The van der Waals surface area contributed by atoms with Crippen molar-refractivity contribution in [2.24, 2.45) is 5.10 Å². The van der Waals surface area contributed by atoms with Gasteiger partial charge in [0.15, 0.2) is 11.5 Å². The van der Waals surface area contributed by atoms with Crippen molar-refractivity contribution >= 4 is 22.9 Å². The van der Waals surface area contributed by atoms with E-state index >= 15 is 0 Å². The molecular weight excluding hydrogens is 380 g/mol. The number of amides is 1. The van der Waals surface area contributed by atoms with Gasteiger partial charge < -0.3 is 9.47 Å². The highest BCUT2D eigenvalue weighted by atomic mass is 16.5. The van der Waals surface area contributed by atoms with Crippen LogP contribution in [0, 0.1) is 0 Å². The molecule has 0 spiro atoms. The summed E-state index contributed by atoms with van der Waals surface area (Å²) in [6.07, 6.45) is 2.21. The van der Waals surface area contributed by atoms with E-state index in [1.165, 1.54) is 10.8 Å². The number of rotatable bonds is 6. The van der Waals surface area contributed by atoms with E-state index in [4.69, 9.17) is 9.47 Å². The van der Waals surface area contributed by atoms with Crippen molar-refractivity contribution < 1.29 is 14.3 Å². The number of carbonyl (C=O) groups excluding carboxylic acids is 1. The quantitative estimate of drug-likeness (QED) is 0.435. The summed E-state index contributed by atoms with van der Waals surface area (Å²) < 4.78 is 10.5. The molecule has 7 heteroatoms. The fourth-order valence-corrected chi connectivity index (χ4v) is 3.55. The van der Waals surface area contributed by atoms with Crippen LogP contribution in [0.4, 0.5) is 0 Å². The number of nitrogens with zero attached hydrogens (tertiary/aromatic N) is 1. The highest BCUT2D eigenvalue weighted by molar-refractivity contribution is 5.86. The van der Waals surface area contributed by atoms with Crippen LogP contribution in [0.3, 0.4) is 0 Å². The number of hydrazone groups is 1. The van der Waals surface area contributed by atoms with Gasteiger partial charge in [-0.15, -0.1) is 0 Å². The Balaban J connectivity index is 1.36. The van der Waals surface area contributed by atoms with Gasteiger partial charge in [-0.1, -0.05) is 36.4 Å². The van der Waals surface area contributed by atoms with Gasteiger partial charge in [0, 0.05) is 6.04 Å². The first kappa shape index (κ1) is 19.9. The highest BCUT2D eigenvalue weighted by Gasteiger charge is 2.30. The maximum Gasteiger partial charge on any atom is 0.258 e. The van der Waals surface area contributed by atoms with E-state index in [1.807, 2.05) is 18.2 Å². The van der Waals surface area contributed by atoms with Gasteiger partial charge in [-0.25, -0.2) is 16.3 Å². The van der Waals surface area contributed by atoms with E-state index in [0.29, 0.717) is 17.9 Å². The van der Waals surface area contributed by atoms with E-state index < -0.39 is 0 Å². The summed E-state index contributed by atoms with van der Waals surface area (Å²) in [5.74, 6) is 1.05. The molecule has 0 aliphatic carbocycles. The van der Waals surface area contributed by atoms with Crippen molar-refractivity contribution in [3.05, 3.63) is 71.8 Å². The average molecular weight is 404 g/mol. The fraction of sp³-hybridized carbons (Fsp3) is 0.217. The average Bonchev–Trinajstić information content (AvgIpc) is 3.29.